The van der Waals surface area contributed by atoms with Crippen molar-refractivity contribution in [2.45, 2.75) is 10.2 Å². The molecule has 0 unspecified atom stereocenters. The van der Waals surface area contributed by atoms with Gasteiger partial charge in [0.25, 0.3) is 0 Å². The third-order valence-corrected chi connectivity index (χ3v) is 4.26. The normalized spacial score (nSPS) is 10.6. The van der Waals surface area contributed by atoms with E-state index in [9.17, 15) is 0 Å². The van der Waals surface area contributed by atoms with E-state index in [-0.39, 0.29) is 0 Å². The second-order valence-corrected chi connectivity index (χ2v) is 5.66. The lowest BCUT2D eigenvalue weighted by Crippen LogP contribution is -2.06. The van der Waals surface area contributed by atoms with Gasteiger partial charge in [0, 0.05) is 25.6 Å². The number of nitrogens with zero attached hydrogens (tertiary/aromatic N) is 6. The highest BCUT2D eigenvalue weighted by atomic mass is 79.9. The number of rotatable bonds is 4. The van der Waals surface area contributed by atoms with Gasteiger partial charge >= 0.3 is 0 Å². The maximum atomic E-state index is 4.42. The summed E-state index contributed by atoms with van der Waals surface area (Å²) in [5.41, 5.74) is 0. The predicted octanol–water partition coefficient (Wildman–Crippen LogP) is 2.41. The van der Waals surface area contributed by atoms with Gasteiger partial charge < -0.3 is 5.32 Å². The Hall–Kier alpha value is -2.00. The fourth-order valence-corrected chi connectivity index (χ4v) is 2.74. The molecule has 0 aromatic carbocycles. The lowest BCUT2D eigenvalue weighted by atomic mass is 10.5. The molecule has 3 heterocycles. The molecule has 0 aliphatic carbocycles. The Kier molecular flexibility index (Phi) is 4.11. The number of hydrogen-bond acceptors (Lipinski definition) is 7. The van der Waals surface area contributed by atoms with E-state index in [1.807, 2.05) is 12.1 Å². The topological polar surface area (TPSA) is 81.4 Å². The first-order valence-electron chi connectivity index (χ1n) is 5.97. The molecule has 0 radical (unpaired) electrons. The highest BCUT2D eigenvalue weighted by molar-refractivity contribution is 9.10. The Labute approximate surface area is 133 Å². The summed E-state index contributed by atoms with van der Waals surface area (Å²) in [4.78, 5) is 21.4. The van der Waals surface area contributed by atoms with Gasteiger partial charge in [-0.3, -0.25) is 4.57 Å². The van der Waals surface area contributed by atoms with Crippen LogP contribution in [0.25, 0.3) is 5.95 Å². The molecule has 3 aromatic rings. The van der Waals surface area contributed by atoms with E-state index in [1.165, 1.54) is 11.8 Å². The summed E-state index contributed by atoms with van der Waals surface area (Å²) < 4.78 is 2.62. The fraction of sp³-hybridized carbons (Fsp3) is 0.0833. The minimum Gasteiger partial charge on any atom is -0.357 e. The van der Waals surface area contributed by atoms with Crippen molar-refractivity contribution in [3.8, 4) is 5.95 Å². The van der Waals surface area contributed by atoms with Gasteiger partial charge in [0.05, 0.1) is 4.47 Å². The summed E-state index contributed by atoms with van der Waals surface area (Å²) in [7, 11) is 1.76. The van der Waals surface area contributed by atoms with Gasteiger partial charge in [0.2, 0.25) is 17.1 Å². The second kappa shape index (κ2) is 6.19. The van der Waals surface area contributed by atoms with Crippen molar-refractivity contribution in [2.75, 3.05) is 12.4 Å². The highest BCUT2D eigenvalue weighted by Gasteiger charge is 2.11. The van der Waals surface area contributed by atoms with Crippen LogP contribution in [0.4, 0.5) is 5.95 Å². The van der Waals surface area contributed by atoms with Crippen molar-refractivity contribution in [3.63, 3.8) is 0 Å². The molecule has 3 aromatic heterocycles. The molecule has 0 atom stereocenters. The van der Waals surface area contributed by atoms with Gasteiger partial charge in [-0.1, -0.05) is 0 Å². The average molecular weight is 364 g/mol. The van der Waals surface area contributed by atoms with Crippen molar-refractivity contribution in [2.24, 2.45) is 0 Å². The Morgan fingerprint density at radius 1 is 1.24 bits per heavy atom. The maximum absolute atomic E-state index is 4.42. The minimum atomic E-state index is 0.489. The maximum Gasteiger partial charge on any atom is 0.240 e. The number of nitrogens with one attached hydrogen (secondary N) is 1. The van der Waals surface area contributed by atoms with Crippen LogP contribution in [0.3, 0.4) is 0 Å². The van der Waals surface area contributed by atoms with Crippen LogP contribution in [0.15, 0.2) is 51.7 Å². The van der Waals surface area contributed by atoms with Crippen LogP contribution in [0.2, 0.25) is 0 Å². The van der Waals surface area contributed by atoms with Crippen LogP contribution < -0.4 is 5.32 Å². The molecule has 1 N–H and O–H groups in total. The molecular formula is C12H10BrN7S. The van der Waals surface area contributed by atoms with Gasteiger partial charge in [-0.25, -0.2) is 9.97 Å². The largest absolute Gasteiger partial charge is 0.357 e. The average Bonchev–Trinajstić information content (AvgIpc) is 3.04. The van der Waals surface area contributed by atoms with Crippen LogP contribution in [0, 0.1) is 0 Å². The van der Waals surface area contributed by atoms with Crippen LogP contribution in [0.5, 0.6) is 0 Å². The minimum absolute atomic E-state index is 0.489. The first kappa shape index (κ1) is 14.0. The van der Waals surface area contributed by atoms with Gasteiger partial charge in [0.15, 0.2) is 0 Å². The van der Waals surface area contributed by atoms with Crippen LogP contribution in [-0.4, -0.2) is 36.5 Å². The molecule has 0 aliphatic rings. The Morgan fingerprint density at radius 2 is 2.14 bits per heavy atom. The zero-order valence-electron chi connectivity index (χ0n) is 10.9. The summed E-state index contributed by atoms with van der Waals surface area (Å²) in [6.45, 7) is 0. The van der Waals surface area contributed by atoms with Crippen LogP contribution in [-0.2, 0) is 0 Å². The molecule has 9 heteroatoms. The Balaban J connectivity index is 1.99. The van der Waals surface area contributed by atoms with E-state index in [2.05, 4.69) is 46.2 Å². The van der Waals surface area contributed by atoms with E-state index in [0.717, 1.165) is 9.50 Å². The lowest BCUT2D eigenvalue weighted by Gasteiger charge is -2.07. The standard InChI is InChI=1S/C12H10BrN7S/c1-14-10-17-11(20-6-5-15-7-20)19-12(18-10)21-9-8(13)3-2-4-16-9/h2-7H,1H3,(H,14,17,18,19). The SMILES string of the molecule is CNc1nc(Sc2ncccc2Br)nc(-n2ccnc2)n1. The molecule has 0 spiro atoms. The smallest absolute Gasteiger partial charge is 0.240 e. The quantitative estimate of drug-likeness (QED) is 0.761. The zero-order valence-corrected chi connectivity index (χ0v) is 13.3. The van der Waals surface area contributed by atoms with E-state index < -0.39 is 0 Å². The molecule has 106 valence electrons. The Morgan fingerprint density at radius 3 is 2.86 bits per heavy atom. The van der Waals surface area contributed by atoms with Gasteiger partial charge in [0.1, 0.15) is 11.4 Å². The zero-order chi connectivity index (χ0) is 14.7. The first-order valence-corrected chi connectivity index (χ1v) is 7.58. The monoisotopic (exact) mass is 363 g/mol. The number of aromatic nitrogens is 6. The molecule has 0 fully saturated rings. The first-order chi connectivity index (χ1) is 10.3. The summed E-state index contributed by atoms with van der Waals surface area (Å²) in [5.74, 6) is 0.990. The lowest BCUT2D eigenvalue weighted by molar-refractivity contribution is 0.826. The Bertz CT molecular complexity index is 747. The molecule has 0 amide bonds. The van der Waals surface area contributed by atoms with Gasteiger partial charge in [-0.2, -0.15) is 15.0 Å². The highest BCUT2D eigenvalue weighted by Crippen LogP contribution is 2.29. The summed E-state index contributed by atoms with van der Waals surface area (Å²) >= 11 is 4.82. The van der Waals surface area contributed by atoms with Gasteiger partial charge in [-0.15, -0.1) is 0 Å². The van der Waals surface area contributed by atoms with E-state index >= 15 is 0 Å². The number of hydrogen-bond donors (Lipinski definition) is 1. The van der Waals surface area contributed by atoms with Crippen molar-refractivity contribution >= 4 is 33.6 Å². The summed E-state index contributed by atoms with van der Waals surface area (Å²) in [5, 5.41) is 4.28. The molecule has 3 rings (SSSR count). The molecule has 7 nitrogen and oxygen atoms in total. The number of imidazole rings is 1. The molecule has 0 bridgehead atoms. The van der Waals surface area contributed by atoms with Gasteiger partial charge in [-0.05, 0) is 39.8 Å². The van der Waals surface area contributed by atoms with Crippen molar-refractivity contribution in [3.05, 3.63) is 41.5 Å². The van der Waals surface area contributed by atoms with E-state index in [4.69, 9.17) is 0 Å². The molecule has 21 heavy (non-hydrogen) atoms. The van der Waals surface area contributed by atoms with Crippen LogP contribution in [0.1, 0.15) is 0 Å². The third kappa shape index (κ3) is 3.19. The van der Waals surface area contributed by atoms with Crippen molar-refractivity contribution < 1.29 is 0 Å². The number of halogens is 1. The van der Waals surface area contributed by atoms with Crippen molar-refractivity contribution in [1.82, 2.24) is 29.5 Å². The molecular weight excluding hydrogens is 354 g/mol. The number of anilines is 1. The molecule has 0 saturated carbocycles. The predicted molar refractivity (Wildman–Crippen MR) is 82.6 cm³/mol. The van der Waals surface area contributed by atoms with Crippen LogP contribution >= 0.6 is 27.7 Å². The fourth-order valence-electron chi connectivity index (χ4n) is 1.53. The summed E-state index contributed by atoms with van der Waals surface area (Å²) in [6.07, 6.45) is 6.81. The summed E-state index contributed by atoms with van der Waals surface area (Å²) in [6, 6.07) is 3.78. The van der Waals surface area contributed by atoms with E-state index in [0.29, 0.717) is 17.1 Å². The van der Waals surface area contributed by atoms with Crippen molar-refractivity contribution in [1.29, 1.82) is 0 Å². The third-order valence-electron chi connectivity index (χ3n) is 2.47. The van der Waals surface area contributed by atoms with E-state index in [1.54, 1.807) is 36.5 Å². The second-order valence-electron chi connectivity index (χ2n) is 3.85. The number of pyridine rings is 1. The molecule has 0 saturated heterocycles. The molecule has 0 aliphatic heterocycles.